The summed E-state index contributed by atoms with van der Waals surface area (Å²) in [6.07, 6.45) is 1.79. The Labute approximate surface area is 109 Å². The summed E-state index contributed by atoms with van der Waals surface area (Å²) in [5.74, 6) is -1.26. The lowest BCUT2D eigenvalue weighted by Crippen LogP contribution is -2.59. The first-order chi connectivity index (χ1) is 8.46. The number of nitrogens with zero attached hydrogens (tertiary/aromatic N) is 2. The molecule has 1 aliphatic rings. The molecule has 18 heavy (non-hydrogen) atoms. The van der Waals surface area contributed by atoms with Gasteiger partial charge < -0.3 is 10.4 Å². The van der Waals surface area contributed by atoms with Crippen molar-refractivity contribution in [1.29, 1.82) is 0 Å². The Bertz CT molecular complexity index is 480. The van der Waals surface area contributed by atoms with Gasteiger partial charge in [0.05, 0.1) is 5.69 Å². The Kier molecular flexibility index (Phi) is 3.34. The number of carbonyl (C=O) groups is 2. The van der Waals surface area contributed by atoms with E-state index in [1.807, 2.05) is 13.8 Å². The van der Waals surface area contributed by atoms with Crippen molar-refractivity contribution in [3.05, 3.63) is 10.6 Å². The fraction of sp³-hybridized carbons (Fsp3) is 0.636. The molecule has 0 saturated heterocycles. The van der Waals surface area contributed by atoms with E-state index in [0.717, 1.165) is 18.0 Å². The van der Waals surface area contributed by atoms with Gasteiger partial charge in [-0.2, -0.15) is 0 Å². The first kappa shape index (κ1) is 12.9. The van der Waals surface area contributed by atoms with Gasteiger partial charge in [-0.15, -0.1) is 5.10 Å². The van der Waals surface area contributed by atoms with Gasteiger partial charge in [0.25, 0.3) is 5.91 Å². The van der Waals surface area contributed by atoms with Crippen LogP contribution < -0.4 is 5.32 Å². The summed E-state index contributed by atoms with van der Waals surface area (Å²) >= 11 is 1.01. The maximum absolute atomic E-state index is 12.1. The fourth-order valence-electron chi connectivity index (χ4n) is 1.93. The third kappa shape index (κ3) is 2.10. The molecule has 1 heterocycles. The third-order valence-electron chi connectivity index (χ3n) is 3.24. The zero-order chi connectivity index (χ0) is 13.3. The maximum atomic E-state index is 12.1. The highest BCUT2D eigenvalue weighted by molar-refractivity contribution is 7.08. The first-order valence-corrected chi connectivity index (χ1v) is 6.62. The highest BCUT2D eigenvalue weighted by atomic mass is 32.1. The van der Waals surface area contributed by atoms with E-state index in [0.29, 0.717) is 23.4 Å². The number of aliphatic carboxylic acids is 1. The number of carbonyl (C=O) groups excluding carboxylic acids is 1. The second kappa shape index (κ2) is 4.64. The minimum Gasteiger partial charge on any atom is -0.480 e. The molecule has 0 bridgehead atoms. The van der Waals surface area contributed by atoms with E-state index in [9.17, 15) is 9.59 Å². The summed E-state index contributed by atoms with van der Waals surface area (Å²) in [5, 5.41) is 15.7. The molecular formula is C11H15N3O3S. The Morgan fingerprint density at radius 2 is 2.11 bits per heavy atom. The van der Waals surface area contributed by atoms with E-state index >= 15 is 0 Å². The van der Waals surface area contributed by atoms with Gasteiger partial charge in [-0.1, -0.05) is 18.3 Å². The van der Waals surface area contributed by atoms with Crippen molar-refractivity contribution < 1.29 is 14.7 Å². The molecule has 2 N–H and O–H groups in total. The zero-order valence-electron chi connectivity index (χ0n) is 10.3. The van der Waals surface area contributed by atoms with Crippen LogP contribution in [0.25, 0.3) is 0 Å². The molecule has 1 aromatic heterocycles. The predicted octanol–water partition coefficient (Wildman–Crippen LogP) is 1.40. The molecule has 7 heteroatoms. The lowest BCUT2D eigenvalue weighted by atomic mass is 9.76. The normalized spacial score (nSPS) is 17.3. The van der Waals surface area contributed by atoms with Crippen LogP contribution in [0.3, 0.4) is 0 Å². The molecule has 1 aromatic rings. The molecule has 1 fully saturated rings. The second-order valence-corrected chi connectivity index (χ2v) is 5.59. The van der Waals surface area contributed by atoms with E-state index < -0.39 is 11.5 Å². The number of aromatic nitrogens is 2. The van der Waals surface area contributed by atoms with E-state index in [1.165, 1.54) is 0 Å². The Hall–Kier alpha value is -1.50. The number of amides is 1. The number of carboxylic acids is 1. The summed E-state index contributed by atoms with van der Waals surface area (Å²) < 4.78 is 3.77. The topological polar surface area (TPSA) is 92.2 Å². The molecule has 0 spiro atoms. The molecule has 0 aliphatic heterocycles. The molecule has 2 rings (SSSR count). The van der Waals surface area contributed by atoms with Gasteiger partial charge in [0.1, 0.15) is 10.4 Å². The SMILES string of the molecule is CC(C)c1nnsc1C(=O)NC1(C(=O)O)CCC1. The van der Waals surface area contributed by atoms with E-state index in [1.54, 1.807) is 0 Å². The average molecular weight is 269 g/mol. The highest BCUT2D eigenvalue weighted by Gasteiger charge is 2.46. The summed E-state index contributed by atoms with van der Waals surface area (Å²) in [6, 6.07) is 0. The monoisotopic (exact) mass is 269 g/mol. The minimum absolute atomic E-state index is 0.0895. The van der Waals surface area contributed by atoms with Crippen LogP contribution in [0.15, 0.2) is 0 Å². The summed E-state index contributed by atoms with van der Waals surface area (Å²) in [6.45, 7) is 3.84. The van der Waals surface area contributed by atoms with Gasteiger partial charge in [0.2, 0.25) is 0 Å². The van der Waals surface area contributed by atoms with E-state index in [-0.39, 0.29) is 11.8 Å². The molecule has 0 aromatic carbocycles. The van der Waals surface area contributed by atoms with Crippen LogP contribution in [-0.4, -0.2) is 32.1 Å². The van der Waals surface area contributed by atoms with Crippen LogP contribution >= 0.6 is 11.5 Å². The molecule has 98 valence electrons. The minimum atomic E-state index is -1.09. The molecule has 0 atom stereocenters. The van der Waals surface area contributed by atoms with Gasteiger partial charge in [-0.3, -0.25) is 4.79 Å². The summed E-state index contributed by atoms with van der Waals surface area (Å²) in [5.41, 5.74) is -0.465. The van der Waals surface area contributed by atoms with Crippen LogP contribution in [0.2, 0.25) is 0 Å². The van der Waals surface area contributed by atoms with Crippen LogP contribution in [-0.2, 0) is 4.79 Å². The van der Waals surface area contributed by atoms with Crippen molar-refractivity contribution >= 4 is 23.4 Å². The fourth-order valence-corrected chi connectivity index (χ4v) is 2.64. The van der Waals surface area contributed by atoms with Crippen LogP contribution in [0.4, 0.5) is 0 Å². The molecule has 0 unspecified atom stereocenters. The number of carboxylic acid groups (broad SMARTS) is 1. The highest BCUT2D eigenvalue weighted by Crippen LogP contribution is 2.33. The molecule has 1 saturated carbocycles. The van der Waals surface area contributed by atoms with Gasteiger partial charge in [0, 0.05) is 0 Å². The molecule has 1 aliphatic carbocycles. The Morgan fingerprint density at radius 1 is 1.44 bits per heavy atom. The number of rotatable bonds is 4. The van der Waals surface area contributed by atoms with Gasteiger partial charge in [-0.05, 0) is 36.7 Å². The third-order valence-corrected chi connectivity index (χ3v) is 3.98. The second-order valence-electron chi connectivity index (χ2n) is 4.84. The zero-order valence-corrected chi connectivity index (χ0v) is 11.1. The summed E-state index contributed by atoms with van der Waals surface area (Å²) in [7, 11) is 0. The molecule has 1 amide bonds. The van der Waals surface area contributed by atoms with Crippen LogP contribution in [0.5, 0.6) is 0 Å². The largest absolute Gasteiger partial charge is 0.480 e. The van der Waals surface area contributed by atoms with Gasteiger partial charge in [0.15, 0.2) is 0 Å². The standard InChI is InChI=1S/C11H15N3O3S/c1-6(2)7-8(18-14-13-7)9(15)12-11(10(16)17)4-3-5-11/h6H,3-5H2,1-2H3,(H,12,15)(H,16,17). The Morgan fingerprint density at radius 3 is 2.56 bits per heavy atom. The lowest BCUT2D eigenvalue weighted by molar-refractivity contribution is -0.148. The first-order valence-electron chi connectivity index (χ1n) is 5.84. The van der Waals surface area contributed by atoms with Crippen LogP contribution in [0.1, 0.15) is 54.4 Å². The summed E-state index contributed by atoms with van der Waals surface area (Å²) in [4.78, 5) is 23.7. The number of nitrogens with one attached hydrogen (secondary N) is 1. The number of hydrogen-bond donors (Lipinski definition) is 2. The molecule has 6 nitrogen and oxygen atoms in total. The average Bonchev–Trinajstić information content (AvgIpc) is 2.71. The Balaban J connectivity index is 2.17. The van der Waals surface area contributed by atoms with Gasteiger partial charge in [-0.25, -0.2) is 4.79 Å². The predicted molar refractivity (Wildman–Crippen MR) is 65.7 cm³/mol. The van der Waals surface area contributed by atoms with Crippen molar-refractivity contribution in [2.24, 2.45) is 0 Å². The van der Waals surface area contributed by atoms with Crippen molar-refractivity contribution in [2.75, 3.05) is 0 Å². The van der Waals surface area contributed by atoms with Gasteiger partial charge >= 0.3 is 5.97 Å². The van der Waals surface area contributed by atoms with Crippen molar-refractivity contribution in [3.63, 3.8) is 0 Å². The quantitative estimate of drug-likeness (QED) is 0.862. The van der Waals surface area contributed by atoms with E-state index in [2.05, 4.69) is 14.9 Å². The van der Waals surface area contributed by atoms with Crippen LogP contribution in [0, 0.1) is 0 Å². The van der Waals surface area contributed by atoms with E-state index in [4.69, 9.17) is 5.11 Å². The van der Waals surface area contributed by atoms with Crippen molar-refractivity contribution in [2.45, 2.75) is 44.6 Å². The lowest BCUT2D eigenvalue weighted by Gasteiger charge is -2.38. The smallest absolute Gasteiger partial charge is 0.329 e. The maximum Gasteiger partial charge on any atom is 0.329 e. The number of hydrogen-bond acceptors (Lipinski definition) is 5. The molecular weight excluding hydrogens is 254 g/mol. The van der Waals surface area contributed by atoms with Crippen molar-refractivity contribution in [3.8, 4) is 0 Å². The molecule has 0 radical (unpaired) electrons. The van der Waals surface area contributed by atoms with Crippen molar-refractivity contribution in [1.82, 2.24) is 14.9 Å².